The van der Waals surface area contributed by atoms with E-state index in [1.807, 2.05) is 12.1 Å². The van der Waals surface area contributed by atoms with Gasteiger partial charge in [0.05, 0.1) is 5.92 Å². The van der Waals surface area contributed by atoms with Crippen LogP contribution < -0.4 is 4.90 Å². The number of rotatable bonds is 2. The van der Waals surface area contributed by atoms with Gasteiger partial charge in [0.1, 0.15) is 5.78 Å². The molecule has 2 fully saturated rings. The third-order valence-electron chi connectivity index (χ3n) is 4.20. The Bertz CT molecular complexity index is 485. The van der Waals surface area contributed by atoms with Gasteiger partial charge < -0.3 is 10.0 Å². The molecular formula is C14H16N2O3. The molecule has 1 N–H and O–H groups in total. The maximum atomic E-state index is 12.1. The Hall–Kier alpha value is -1.91. The summed E-state index contributed by atoms with van der Waals surface area (Å²) < 4.78 is 0. The van der Waals surface area contributed by atoms with Gasteiger partial charge in [-0.25, -0.2) is 0 Å². The first-order valence-corrected chi connectivity index (χ1v) is 6.56. The Kier molecular flexibility index (Phi) is 2.97. The Morgan fingerprint density at radius 1 is 1.21 bits per heavy atom. The molecule has 1 aromatic heterocycles. The zero-order valence-corrected chi connectivity index (χ0v) is 10.5. The number of nitrogens with zero attached hydrogens (tertiary/aromatic N) is 2. The molecule has 2 unspecified atom stereocenters. The van der Waals surface area contributed by atoms with E-state index in [4.69, 9.17) is 5.11 Å². The second-order valence-electron chi connectivity index (χ2n) is 5.41. The van der Waals surface area contributed by atoms with Crippen LogP contribution in [0, 0.1) is 17.8 Å². The first-order valence-electron chi connectivity index (χ1n) is 6.56. The Morgan fingerprint density at radius 3 is 2.32 bits per heavy atom. The van der Waals surface area contributed by atoms with Gasteiger partial charge in [0.25, 0.3) is 0 Å². The monoisotopic (exact) mass is 260 g/mol. The van der Waals surface area contributed by atoms with Crippen LogP contribution in [0.2, 0.25) is 0 Å². The molecule has 0 radical (unpaired) electrons. The van der Waals surface area contributed by atoms with Crippen molar-refractivity contribution in [2.45, 2.75) is 12.8 Å². The fourth-order valence-corrected chi connectivity index (χ4v) is 3.25. The third kappa shape index (κ3) is 2.20. The lowest BCUT2D eigenvalue weighted by atomic mass is 9.71. The van der Waals surface area contributed by atoms with E-state index in [9.17, 15) is 9.59 Å². The van der Waals surface area contributed by atoms with Crippen LogP contribution in [0.5, 0.6) is 0 Å². The van der Waals surface area contributed by atoms with Crippen molar-refractivity contribution in [3.63, 3.8) is 0 Å². The zero-order valence-electron chi connectivity index (χ0n) is 10.5. The number of hydrogen-bond donors (Lipinski definition) is 1. The molecule has 1 saturated heterocycles. The number of carboxylic acids is 1. The van der Waals surface area contributed by atoms with Gasteiger partial charge in [0, 0.05) is 43.0 Å². The van der Waals surface area contributed by atoms with Gasteiger partial charge in [-0.15, -0.1) is 0 Å². The SMILES string of the molecule is O=C(O)C1CC2CN(c3ccncc3)CC(C1)C2=O. The fraction of sp³-hybridized carbons (Fsp3) is 0.500. The molecule has 2 bridgehead atoms. The van der Waals surface area contributed by atoms with Crippen molar-refractivity contribution < 1.29 is 14.7 Å². The molecule has 2 aliphatic rings. The number of piperidine rings is 1. The number of hydrogen-bond acceptors (Lipinski definition) is 4. The molecule has 100 valence electrons. The lowest BCUT2D eigenvalue weighted by molar-refractivity contribution is -0.146. The maximum absolute atomic E-state index is 12.1. The molecular weight excluding hydrogens is 244 g/mol. The first kappa shape index (κ1) is 12.1. The largest absolute Gasteiger partial charge is 0.481 e. The standard InChI is InChI=1S/C14H16N2O3/c17-13-10-5-9(14(18)19)6-11(13)8-16(7-10)12-1-3-15-4-2-12/h1-4,9-11H,5-8H2,(H,18,19). The summed E-state index contributed by atoms with van der Waals surface area (Å²) in [4.78, 5) is 29.4. The summed E-state index contributed by atoms with van der Waals surface area (Å²) in [6, 6.07) is 3.86. The van der Waals surface area contributed by atoms with Gasteiger partial charge >= 0.3 is 5.97 Å². The predicted octanol–water partition coefficient (Wildman–Crippen LogP) is 1.20. The first-order chi connectivity index (χ1) is 9.15. The molecule has 2 heterocycles. The van der Waals surface area contributed by atoms with Crippen LogP contribution in [0.1, 0.15) is 12.8 Å². The number of fused-ring (bicyclic) bond motifs is 2. The average molecular weight is 260 g/mol. The van der Waals surface area contributed by atoms with E-state index in [1.165, 1.54) is 0 Å². The van der Waals surface area contributed by atoms with Crippen LogP contribution >= 0.6 is 0 Å². The van der Waals surface area contributed by atoms with E-state index in [0.717, 1.165) is 5.69 Å². The smallest absolute Gasteiger partial charge is 0.306 e. The molecule has 19 heavy (non-hydrogen) atoms. The minimum Gasteiger partial charge on any atom is -0.481 e. The second-order valence-corrected chi connectivity index (χ2v) is 5.41. The quantitative estimate of drug-likeness (QED) is 0.865. The highest BCUT2D eigenvalue weighted by Gasteiger charge is 2.43. The summed E-state index contributed by atoms with van der Waals surface area (Å²) in [5.41, 5.74) is 1.06. The number of anilines is 1. The molecule has 0 amide bonds. The number of pyridine rings is 1. The lowest BCUT2D eigenvalue weighted by Gasteiger charge is -2.43. The van der Waals surface area contributed by atoms with E-state index in [1.54, 1.807) is 12.4 Å². The molecule has 5 nitrogen and oxygen atoms in total. The van der Waals surface area contributed by atoms with Crippen LogP contribution in [-0.4, -0.2) is 34.9 Å². The van der Waals surface area contributed by atoms with E-state index < -0.39 is 5.97 Å². The van der Waals surface area contributed by atoms with Gasteiger partial charge in [-0.3, -0.25) is 14.6 Å². The van der Waals surface area contributed by atoms with Gasteiger partial charge in [0.15, 0.2) is 0 Å². The zero-order chi connectivity index (χ0) is 13.4. The lowest BCUT2D eigenvalue weighted by Crippen LogP contribution is -2.52. The molecule has 5 heteroatoms. The molecule has 0 spiro atoms. The van der Waals surface area contributed by atoms with E-state index >= 15 is 0 Å². The minimum absolute atomic E-state index is 0.137. The molecule has 3 rings (SSSR count). The number of ketones is 1. The van der Waals surface area contributed by atoms with Crippen molar-refractivity contribution in [2.24, 2.45) is 17.8 Å². The Balaban J connectivity index is 1.80. The maximum Gasteiger partial charge on any atom is 0.306 e. The van der Waals surface area contributed by atoms with Gasteiger partial charge in [-0.1, -0.05) is 0 Å². The second kappa shape index (κ2) is 4.64. The van der Waals surface area contributed by atoms with E-state index in [0.29, 0.717) is 25.9 Å². The topological polar surface area (TPSA) is 70.5 Å². The third-order valence-corrected chi connectivity index (χ3v) is 4.20. The summed E-state index contributed by atoms with van der Waals surface area (Å²) in [5, 5.41) is 9.13. The fourth-order valence-electron chi connectivity index (χ4n) is 3.25. The molecule has 2 atom stereocenters. The summed E-state index contributed by atoms with van der Waals surface area (Å²) >= 11 is 0. The molecule has 1 aliphatic heterocycles. The van der Waals surface area contributed by atoms with Gasteiger partial charge in [-0.05, 0) is 25.0 Å². The van der Waals surface area contributed by atoms with Crippen molar-refractivity contribution in [3.05, 3.63) is 24.5 Å². The Labute approximate surface area is 111 Å². The van der Waals surface area contributed by atoms with Crippen molar-refractivity contribution >= 4 is 17.4 Å². The van der Waals surface area contributed by atoms with Gasteiger partial charge in [-0.2, -0.15) is 0 Å². The highest BCUT2D eigenvalue weighted by Crippen LogP contribution is 2.37. The van der Waals surface area contributed by atoms with Crippen molar-refractivity contribution in [1.82, 2.24) is 4.98 Å². The summed E-state index contributed by atoms with van der Waals surface area (Å²) in [7, 11) is 0. The molecule has 1 aromatic rings. The van der Waals surface area contributed by atoms with E-state index in [2.05, 4.69) is 9.88 Å². The van der Waals surface area contributed by atoms with Crippen molar-refractivity contribution in [3.8, 4) is 0 Å². The van der Waals surface area contributed by atoms with Gasteiger partial charge in [0.2, 0.25) is 0 Å². The van der Waals surface area contributed by atoms with Crippen LogP contribution in [0.15, 0.2) is 24.5 Å². The number of carbonyl (C=O) groups excluding carboxylic acids is 1. The predicted molar refractivity (Wildman–Crippen MR) is 68.8 cm³/mol. The summed E-state index contributed by atoms with van der Waals surface area (Å²) in [6.07, 6.45) is 4.43. The minimum atomic E-state index is -0.764. The van der Waals surface area contributed by atoms with E-state index in [-0.39, 0.29) is 23.5 Å². The number of carboxylic acid groups (broad SMARTS) is 1. The van der Waals surface area contributed by atoms with Crippen LogP contribution in [-0.2, 0) is 9.59 Å². The summed E-state index contributed by atoms with van der Waals surface area (Å²) in [6.45, 7) is 1.26. The Morgan fingerprint density at radius 2 is 1.79 bits per heavy atom. The van der Waals surface area contributed by atoms with Crippen molar-refractivity contribution in [1.29, 1.82) is 0 Å². The van der Waals surface area contributed by atoms with Crippen LogP contribution in [0.25, 0.3) is 0 Å². The molecule has 1 saturated carbocycles. The molecule has 0 aromatic carbocycles. The number of Topliss-reactive ketones (excluding diaryl/α,β-unsaturated/α-hetero) is 1. The molecule has 1 aliphatic carbocycles. The average Bonchev–Trinajstić information content (AvgIpc) is 2.39. The number of carbonyl (C=O) groups is 2. The number of aliphatic carboxylic acids is 1. The normalized spacial score (nSPS) is 30.2. The van der Waals surface area contributed by atoms with Crippen LogP contribution in [0.4, 0.5) is 5.69 Å². The number of aromatic nitrogens is 1. The van der Waals surface area contributed by atoms with Crippen LogP contribution in [0.3, 0.4) is 0 Å². The highest BCUT2D eigenvalue weighted by molar-refractivity contribution is 5.88. The summed E-state index contributed by atoms with van der Waals surface area (Å²) in [5.74, 6) is -1.14. The highest BCUT2D eigenvalue weighted by atomic mass is 16.4. The van der Waals surface area contributed by atoms with Crippen molar-refractivity contribution in [2.75, 3.05) is 18.0 Å².